The molecule has 0 aromatic carbocycles. The van der Waals surface area contributed by atoms with Gasteiger partial charge in [0, 0.05) is 13.2 Å². The second kappa shape index (κ2) is 5.51. The minimum absolute atomic E-state index is 0.508. The van der Waals surface area contributed by atoms with Crippen molar-refractivity contribution in [2.45, 2.75) is 26.4 Å². The zero-order valence-corrected chi connectivity index (χ0v) is 10.3. The third-order valence-electron chi connectivity index (χ3n) is 2.57. The van der Waals surface area contributed by atoms with Crippen LogP contribution in [0.1, 0.15) is 25.5 Å². The molecular formula is C12H17ClN2O. The normalized spacial score (nSPS) is 15.1. The van der Waals surface area contributed by atoms with E-state index in [-0.39, 0.29) is 0 Å². The van der Waals surface area contributed by atoms with Crippen molar-refractivity contribution in [2.24, 2.45) is 5.92 Å². The van der Waals surface area contributed by atoms with Gasteiger partial charge < -0.3 is 10.1 Å². The average molecular weight is 241 g/mol. The largest absolute Gasteiger partial charge is 0.375 e. The molecule has 0 aliphatic heterocycles. The number of halogens is 1. The summed E-state index contributed by atoms with van der Waals surface area (Å²) in [5.41, 5.74) is 0.820. The van der Waals surface area contributed by atoms with Crippen LogP contribution in [0.25, 0.3) is 0 Å². The number of pyridine rings is 1. The Balaban J connectivity index is 1.91. The highest BCUT2D eigenvalue weighted by Gasteiger charge is 2.21. The van der Waals surface area contributed by atoms with Gasteiger partial charge in [0.2, 0.25) is 0 Å². The summed E-state index contributed by atoms with van der Waals surface area (Å²) in [7, 11) is 0. The van der Waals surface area contributed by atoms with Crippen LogP contribution in [-0.4, -0.2) is 18.1 Å². The van der Waals surface area contributed by atoms with Gasteiger partial charge in [-0.15, -0.1) is 0 Å². The van der Waals surface area contributed by atoms with E-state index in [1.165, 1.54) is 12.8 Å². The van der Waals surface area contributed by atoms with Crippen molar-refractivity contribution in [1.29, 1.82) is 0 Å². The zero-order valence-electron chi connectivity index (χ0n) is 9.50. The van der Waals surface area contributed by atoms with Crippen LogP contribution in [-0.2, 0) is 11.3 Å². The number of nitrogens with zero attached hydrogens (tertiary/aromatic N) is 1. The van der Waals surface area contributed by atoms with Gasteiger partial charge in [0.25, 0.3) is 0 Å². The van der Waals surface area contributed by atoms with Gasteiger partial charge in [0.1, 0.15) is 5.82 Å². The molecule has 4 heteroatoms. The van der Waals surface area contributed by atoms with Crippen LogP contribution in [0.4, 0.5) is 5.82 Å². The molecule has 0 radical (unpaired) electrons. The van der Waals surface area contributed by atoms with Crippen LogP contribution in [0.2, 0.25) is 5.02 Å². The molecule has 0 unspecified atom stereocenters. The molecule has 1 aliphatic carbocycles. The predicted molar refractivity (Wildman–Crippen MR) is 65.8 cm³/mol. The molecule has 0 atom stereocenters. The number of hydrogen-bond acceptors (Lipinski definition) is 3. The molecule has 0 bridgehead atoms. The number of hydrogen-bond donors (Lipinski definition) is 1. The molecular weight excluding hydrogens is 224 g/mol. The second-order valence-corrected chi connectivity index (χ2v) is 4.52. The summed E-state index contributed by atoms with van der Waals surface area (Å²) in [6.07, 6.45) is 2.61. The first-order valence-corrected chi connectivity index (χ1v) is 6.14. The van der Waals surface area contributed by atoms with Crippen LogP contribution >= 0.6 is 11.6 Å². The second-order valence-electron chi connectivity index (χ2n) is 4.11. The Labute approximate surface area is 101 Å². The van der Waals surface area contributed by atoms with Crippen molar-refractivity contribution in [3.63, 3.8) is 0 Å². The summed E-state index contributed by atoms with van der Waals surface area (Å²) >= 11 is 6.06. The highest BCUT2D eigenvalue weighted by atomic mass is 35.5. The topological polar surface area (TPSA) is 34.1 Å². The third kappa shape index (κ3) is 3.35. The molecule has 1 aliphatic rings. The van der Waals surface area contributed by atoms with E-state index in [2.05, 4.69) is 10.3 Å². The first kappa shape index (κ1) is 11.7. The minimum Gasteiger partial charge on any atom is -0.375 e. The average Bonchev–Trinajstić information content (AvgIpc) is 3.07. The number of anilines is 1. The van der Waals surface area contributed by atoms with Gasteiger partial charge in [-0.2, -0.15) is 0 Å². The van der Waals surface area contributed by atoms with Gasteiger partial charge in [-0.1, -0.05) is 11.6 Å². The SMILES string of the molecule is CCNc1ccc(Cl)c(COCC2CC2)n1. The molecule has 3 nitrogen and oxygen atoms in total. The zero-order chi connectivity index (χ0) is 11.4. The molecule has 1 aromatic rings. The maximum absolute atomic E-state index is 6.06. The Kier molecular flexibility index (Phi) is 4.02. The van der Waals surface area contributed by atoms with Gasteiger partial charge in [-0.3, -0.25) is 0 Å². The van der Waals surface area contributed by atoms with E-state index in [1.54, 1.807) is 0 Å². The lowest BCUT2D eigenvalue weighted by atomic mass is 10.3. The first-order chi connectivity index (χ1) is 7.79. The fraction of sp³-hybridized carbons (Fsp3) is 0.583. The van der Waals surface area contributed by atoms with Crippen molar-refractivity contribution < 1.29 is 4.74 Å². The van der Waals surface area contributed by atoms with Crippen LogP contribution < -0.4 is 5.32 Å². The summed E-state index contributed by atoms with van der Waals surface area (Å²) in [5, 5.41) is 3.84. The standard InChI is InChI=1S/C12H17ClN2O/c1-2-14-12-6-5-10(13)11(15-12)8-16-7-9-3-4-9/h5-6,9H,2-4,7-8H2,1H3,(H,14,15). The summed E-state index contributed by atoms with van der Waals surface area (Å²) in [6, 6.07) is 3.75. The summed E-state index contributed by atoms with van der Waals surface area (Å²) in [4.78, 5) is 4.41. The molecule has 0 spiro atoms. The van der Waals surface area contributed by atoms with Crippen molar-refractivity contribution in [3.05, 3.63) is 22.8 Å². The van der Waals surface area contributed by atoms with E-state index < -0.39 is 0 Å². The predicted octanol–water partition coefficient (Wildman–Crippen LogP) is 3.09. The Morgan fingerprint density at radius 1 is 1.50 bits per heavy atom. The maximum Gasteiger partial charge on any atom is 0.126 e. The molecule has 0 amide bonds. The van der Waals surface area contributed by atoms with Gasteiger partial charge in [-0.25, -0.2) is 4.98 Å². The fourth-order valence-electron chi connectivity index (χ4n) is 1.47. The Morgan fingerprint density at radius 2 is 2.31 bits per heavy atom. The number of rotatable bonds is 6. The van der Waals surface area contributed by atoms with Gasteiger partial charge in [-0.05, 0) is 37.8 Å². The van der Waals surface area contributed by atoms with E-state index >= 15 is 0 Å². The third-order valence-corrected chi connectivity index (χ3v) is 2.91. The van der Waals surface area contributed by atoms with Gasteiger partial charge >= 0.3 is 0 Å². The van der Waals surface area contributed by atoms with Crippen LogP contribution in [0.15, 0.2) is 12.1 Å². The van der Waals surface area contributed by atoms with E-state index in [0.717, 1.165) is 30.6 Å². The lowest BCUT2D eigenvalue weighted by Gasteiger charge is -2.08. The van der Waals surface area contributed by atoms with E-state index in [0.29, 0.717) is 11.6 Å². The molecule has 1 saturated carbocycles. The Morgan fingerprint density at radius 3 is 3.00 bits per heavy atom. The van der Waals surface area contributed by atoms with Crippen LogP contribution in [0.5, 0.6) is 0 Å². The Bertz CT molecular complexity index is 353. The summed E-state index contributed by atoms with van der Waals surface area (Å²) < 4.78 is 5.58. The monoisotopic (exact) mass is 240 g/mol. The van der Waals surface area contributed by atoms with Gasteiger partial charge in [0.05, 0.1) is 17.3 Å². The minimum atomic E-state index is 0.508. The highest BCUT2D eigenvalue weighted by molar-refractivity contribution is 6.31. The summed E-state index contributed by atoms with van der Waals surface area (Å²) in [6.45, 7) is 4.24. The van der Waals surface area contributed by atoms with Crippen molar-refractivity contribution in [3.8, 4) is 0 Å². The maximum atomic E-state index is 6.06. The molecule has 1 fully saturated rings. The number of nitrogens with one attached hydrogen (secondary N) is 1. The van der Waals surface area contributed by atoms with E-state index in [1.807, 2.05) is 19.1 Å². The van der Waals surface area contributed by atoms with Crippen molar-refractivity contribution in [2.75, 3.05) is 18.5 Å². The van der Waals surface area contributed by atoms with Crippen molar-refractivity contribution in [1.82, 2.24) is 4.98 Å². The smallest absolute Gasteiger partial charge is 0.126 e. The van der Waals surface area contributed by atoms with E-state index in [4.69, 9.17) is 16.3 Å². The quantitative estimate of drug-likeness (QED) is 0.830. The molecule has 1 N–H and O–H groups in total. The molecule has 16 heavy (non-hydrogen) atoms. The number of ether oxygens (including phenoxy) is 1. The molecule has 88 valence electrons. The van der Waals surface area contributed by atoms with Crippen LogP contribution in [0.3, 0.4) is 0 Å². The van der Waals surface area contributed by atoms with Gasteiger partial charge in [0.15, 0.2) is 0 Å². The highest BCUT2D eigenvalue weighted by Crippen LogP contribution is 2.29. The molecule has 2 rings (SSSR count). The van der Waals surface area contributed by atoms with Crippen LogP contribution in [0, 0.1) is 5.92 Å². The van der Waals surface area contributed by atoms with E-state index in [9.17, 15) is 0 Å². The molecule has 1 heterocycles. The molecule has 0 saturated heterocycles. The summed E-state index contributed by atoms with van der Waals surface area (Å²) in [5.74, 6) is 1.63. The lowest BCUT2D eigenvalue weighted by molar-refractivity contribution is 0.109. The lowest BCUT2D eigenvalue weighted by Crippen LogP contribution is -2.04. The fourth-order valence-corrected chi connectivity index (χ4v) is 1.63. The Hall–Kier alpha value is -0.800. The first-order valence-electron chi connectivity index (χ1n) is 5.76. The number of aromatic nitrogens is 1. The van der Waals surface area contributed by atoms with Crippen molar-refractivity contribution >= 4 is 17.4 Å². The molecule has 1 aromatic heterocycles.